The van der Waals surface area contributed by atoms with E-state index < -0.39 is 6.16 Å². The molecule has 1 aliphatic heterocycles. The summed E-state index contributed by atoms with van der Waals surface area (Å²) in [4.78, 5) is 24.1. The van der Waals surface area contributed by atoms with Gasteiger partial charge in [0.1, 0.15) is 5.82 Å². The largest absolute Gasteiger partial charge is 0.511 e. The van der Waals surface area contributed by atoms with Gasteiger partial charge in [-0.05, 0) is 31.4 Å². The van der Waals surface area contributed by atoms with Crippen molar-refractivity contribution in [3.05, 3.63) is 29.5 Å². The molecule has 10 heteroatoms. The van der Waals surface area contributed by atoms with Crippen molar-refractivity contribution < 1.29 is 14.6 Å². The van der Waals surface area contributed by atoms with Crippen LogP contribution in [0.15, 0.2) is 24.5 Å². The molecule has 3 heterocycles. The normalized spacial score (nSPS) is 14.2. The first-order valence-electron chi connectivity index (χ1n) is 9.32. The lowest BCUT2D eigenvalue weighted by Gasteiger charge is -2.30. The Kier molecular flexibility index (Phi) is 5.14. The van der Waals surface area contributed by atoms with E-state index in [9.17, 15) is 4.79 Å². The minimum absolute atomic E-state index is 0.0890. The van der Waals surface area contributed by atoms with E-state index in [1.807, 2.05) is 31.1 Å². The quantitative estimate of drug-likeness (QED) is 0.644. The molecule has 2 aromatic heterocycles. The van der Waals surface area contributed by atoms with Crippen LogP contribution in [-0.4, -0.2) is 58.2 Å². The molecule has 0 unspecified atom stereocenters. The maximum absolute atomic E-state index is 10.7. The molecule has 0 radical (unpaired) electrons. The monoisotopic (exact) mass is 416 g/mol. The average Bonchev–Trinajstić information content (AvgIpc) is 3.14. The van der Waals surface area contributed by atoms with E-state index >= 15 is 0 Å². The Morgan fingerprint density at radius 3 is 2.66 bits per heavy atom. The Hall–Kier alpha value is -3.07. The first-order valence-corrected chi connectivity index (χ1v) is 9.69. The van der Waals surface area contributed by atoms with Gasteiger partial charge in [-0.3, -0.25) is 0 Å². The molecule has 29 heavy (non-hydrogen) atoms. The lowest BCUT2D eigenvalue weighted by atomic mass is 10.1. The van der Waals surface area contributed by atoms with Gasteiger partial charge in [0.05, 0.1) is 28.6 Å². The SMILES string of the molecule is CN(C)c1nc(-n2cc(OC(=O)O)cn2)nc2cc(Cl)c(N3CCCCC3)cc12. The lowest BCUT2D eigenvalue weighted by molar-refractivity contribution is 0.144. The number of nitrogens with zero attached hydrogens (tertiary/aromatic N) is 6. The minimum atomic E-state index is -1.41. The molecule has 152 valence electrons. The second-order valence-corrected chi connectivity index (χ2v) is 7.51. The molecule has 1 N–H and O–H groups in total. The fourth-order valence-electron chi connectivity index (χ4n) is 3.50. The smallest absolute Gasteiger partial charge is 0.449 e. The highest BCUT2D eigenvalue weighted by molar-refractivity contribution is 6.34. The molecular formula is C19H21ClN6O3. The summed E-state index contributed by atoms with van der Waals surface area (Å²) in [5.41, 5.74) is 1.68. The Morgan fingerprint density at radius 1 is 1.21 bits per heavy atom. The molecule has 1 aromatic carbocycles. The molecule has 4 rings (SSSR count). The van der Waals surface area contributed by atoms with E-state index in [2.05, 4.69) is 24.7 Å². The van der Waals surface area contributed by atoms with Crippen LogP contribution >= 0.6 is 11.6 Å². The molecule has 0 saturated carbocycles. The number of hydrogen-bond acceptors (Lipinski definition) is 7. The number of ether oxygens (including phenoxy) is 1. The number of anilines is 2. The zero-order chi connectivity index (χ0) is 20.5. The van der Waals surface area contributed by atoms with Crippen molar-refractivity contribution in [2.75, 3.05) is 37.0 Å². The maximum Gasteiger partial charge on any atom is 0.511 e. The predicted octanol–water partition coefficient (Wildman–Crippen LogP) is 3.58. The maximum atomic E-state index is 10.7. The zero-order valence-corrected chi connectivity index (χ0v) is 16.9. The van der Waals surface area contributed by atoms with E-state index in [4.69, 9.17) is 16.7 Å². The number of piperidine rings is 1. The van der Waals surface area contributed by atoms with Crippen molar-refractivity contribution in [3.8, 4) is 11.7 Å². The number of hydrogen-bond donors (Lipinski definition) is 1. The molecule has 1 aliphatic rings. The van der Waals surface area contributed by atoms with Gasteiger partial charge in [-0.25, -0.2) is 14.5 Å². The molecule has 3 aromatic rings. The summed E-state index contributed by atoms with van der Waals surface area (Å²) < 4.78 is 6.00. The molecule has 0 bridgehead atoms. The number of rotatable bonds is 4. The van der Waals surface area contributed by atoms with E-state index in [0.29, 0.717) is 16.5 Å². The first kappa shape index (κ1) is 19.3. The van der Waals surface area contributed by atoms with Gasteiger partial charge in [0.25, 0.3) is 5.95 Å². The third-order valence-electron chi connectivity index (χ3n) is 4.82. The van der Waals surface area contributed by atoms with Crippen LogP contribution in [-0.2, 0) is 0 Å². The van der Waals surface area contributed by atoms with Gasteiger partial charge in [-0.2, -0.15) is 10.1 Å². The summed E-state index contributed by atoms with van der Waals surface area (Å²) in [7, 11) is 3.81. The van der Waals surface area contributed by atoms with Crippen molar-refractivity contribution in [3.63, 3.8) is 0 Å². The van der Waals surface area contributed by atoms with Gasteiger partial charge in [0.2, 0.25) is 0 Å². The topological polar surface area (TPSA) is 96.6 Å². The standard InChI is InChI=1S/C19H21ClN6O3/c1-24(2)17-13-8-16(25-6-4-3-5-7-25)14(20)9-15(13)22-18(23-17)26-11-12(10-21-26)29-19(27)28/h8-11H,3-7H2,1-2H3,(H,27,28). The molecular weight excluding hydrogens is 396 g/mol. The van der Waals surface area contributed by atoms with Gasteiger partial charge >= 0.3 is 6.16 Å². The summed E-state index contributed by atoms with van der Waals surface area (Å²) in [5.74, 6) is 1.10. The molecule has 1 fully saturated rings. The van der Waals surface area contributed by atoms with E-state index in [-0.39, 0.29) is 5.75 Å². The molecule has 9 nitrogen and oxygen atoms in total. The fourth-order valence-corrected chi connectivity index (χ4v) is 3.78. The van der Waals surface area contributed by atoms with Crippen molar-refractivity contribution in [1.82, 2.24) is 19.7 Å². The molecule has 0 amide bonds. The van der Waals surface area contributed by atoms with Crippen LogP contribution in [0.5, 0.6) is 5.75 Å². The fraction of sp³-hybridized carbons (Fsp3) is 0.368. The summed E-state index contributed by atoms with van der Waals surface area (Å²) in [6.45, 7) is 1.97. The van der Waals surface area contributed by atoms with Crippen molar-refractivity contribution in [2.24, 2.45) is 0 Å². The summed E-state index contributed by atoms with van der Waals surface area (Å²) in [6, 6.07) is 3.89. The third-order valence-corrected chi connectivity index (χ3v) is 5.12. The zero-order valence-electron chi connectivity index (χ0n) is 16.2. The van der Waals surface area contributed by atoms with Crippen LogP contribution in [0.2, 0.25) is 5.02 Å². The van der Waals surface area contributed by atoms with Crippen LogP contribution in [0.1, 0.15) is 19.3 Å². The summed E-state index contributed by atoms with van der Waals surface area (Å²) in [5, 5.41) is 14.4. The number of halogens is 1. The minimum Gasteiger partial charge on any atom is -0.449 e. The van der Waals surface area contributed by atoms with E-state index in [0.717, 1.165) is 42.8 Å². The van der Waals surface area contributed by atoms with Gasteiger partial charge < -0.3 is 19.6 Å². The molecule has 0 aliphatic carbocycles. The second kappa shape index (κ2) is 7.75. The highest BCUT2D eigenvalue weighted by Gasteiger charge is 2.19. The Morgan fingerprint density at radius 2 is 1.97 bits per heavy atom. The second-order valence-electron chi connectivity index (χ2n) is 7.10. The summed E-state index contributed by atoms with van der Waals surface area (Å²) in [6.07, 6.45) is 4.86. The van der Waals surface area contributed by atoms with Crippen LogP contribution in [0, 0.1) is 0 Å². The van der Waals surface area contributed by atoms with Crippen LogP contribution in [0.3, 0.4) is 0 Å². The summed E-state index contributed by atoms with van der Waals surface area (Å²) >= 11 is 6.60. The number of benzene rings is 1. The Labute approximate surface area is 172 Å². The number of aromatic nitrogens is 4. The first-order chi connectivity index (χ1) is 13.9. The molecule has 1 saturated heterocycles. The van der Waals surface area contributed by atoms with Crippen LogP contribution < -0.4 is 14.5 Å². The van der Waals surface area contributed by atoms with Gasteiger partial charge in [-0.1, -0.05) is 11.6 Å². The van der Waals surface area contributed by atoms with E-state index in [1.54, 1.807) is 0 Å². The predicted molar refractivity (Wildman–Crippen MR) is 111 cm³/mol. The van der Waals surface area contributed by atoms with Crippen LogP contribution in [0.25, 0.3) is 16.9 Å². The number of carboxylic acid groups (broad SMARTS) is 1. The highest BCUT2D eigenvalue weighted by atomic mass is 35.5. The van der Waals surface area contributed by atoms with Gasteiger partial charge in [-0.15, -0.1) is 0 Å². The highest BCUT2D eigenvalue weighted by Crippen LogP contribution is 2.35. The van der Waals surface area contributed by atoms with Crippen molar-refractivity contribution in [2.45, 2.75) is 19.3 Å². The van der Waals surface area contributed by atoms with E-state index in [1.165, 1.54) is 23.5 Å². The van der Waals surface area contributed by atoms with Crippen LogP contribution in [0.4, 0.5) is 16.3 Å². The Balaban J connectivity index is 1.80. The average molecular weight is 417 g/mol. The number of fused-ring (bicyclic) bond motifs is 1. The molecule has 0 spiro atoms. The molecule has 0 atom stereocenters. The third kappa shape index (κ3) is 3.91. The van der Waals surface area contributed by atoms with Gasteiger partial charge in [0.15, 0.2) is 5.75 Å². The van der Waals surface area contributed by atoms with Crippen molar-refractivity contribution in [1.29, 1.82) is 0 Å². The number of carbonyl (C=O) groups is 1. The van der Waals surface area contributed by atoms with Gasteiger partial charge in [0, 0.05) is 32.6 Å². The Bertz CT molecular complexity index is 1060. The van der Waals surface area contributed by atoms with Crippen molar-refractivity contribution >= 4 is 40.2 Å². The lowest BCUT2D eigenvalue weighted by Crippen LogP contribution is -2.29.